The van der Waals surface area contributed by atoms with Crippen LogP contribution in [0.15, 0.2) is 76.2 Å². The van der Waals surface area contributed by atoms with E-state index in [9.17, 15) is 5.11 Å². The number of aliphatic hydroxyl groups is 1. The number of ether oxygens (including phenoxy) is 1. The monoisotopic (exact) mass is 531 g/mol. The summed E-state index contributed by atoms with van der Waals surface area (Å²) in [5.41, 5.74) is 12.7. The fourth-order valence-electron chi connectivity index (χ4n) is 4.04. The standard InChI is InChI=1S/C32H45N5O2/c1-11-21(4)31(26-19-28(39-10)23(12-2)17-27(26)34-13-3)37(9)25-16-14-15-24(18-25)35-22(5)36-30(33)20-29(38)32(6,7)8/h13-20,35,38H,5,11-12H2,1-4,6-10H3,(H2,33,36)/b29-20-,31-21-,34-13?. The van der Waals surface area contributed by atoms with Crippen molar-refractivity contribution in [2.75, 3.05) is 24.4 Å². The predicted molar refractivity (Wildman–Crippen MR) is 168 cm³/mol. The Morgan fingerprint density at radius 1 is 1.21 bits per heavy atom. The zero-order valence-electron chi connectivity index (χ0n) is 25.0. The SMILES string of the molecule is C=C(N=C(N)/C=C(\O)C(C)(C)C)Nc1cccc(N(C)/C(=C(/C)CC)c2cc(OC)c(CC)cc2N=CC)c1. The van der Waals surface area contributed by atoms with Gasteiger partial charge in [-0.1, -0.05) is 47.3 Å². The summed E-state index contributed by atoms with van der Waals surface area (Å²) in [5.74, 6) is 1.54. The van der Waals surface area contributed by atoms with Crippen LogP contribution < -0.4 is 20.7 Å². The second-order valence-corrected chi connectivity index (χ2v) is 10.4. The minimum atomic E-state index is -0.418. The van der Waals surface area contributed by atoms with Crippen molar-refractivity contribution in [1.29, 1.82) is 0 Å². The van der Waals surface area contributed by atoms with Crippen LogP contribution in [0.1, 0.15) is 66.0 Å². The van der Waals surface area contributed by atoms with Gasteiger partial charge in [-0.05, 0) is 68.2 Å². The molecule has 2 aromatic carbocycles. The highest BCUT2D eigenvalue weighted by molar-refractivity contribution is 5.93. The summed E-state index contributed by atoms with van der Waals surface area (Å²) in [6, 6.07) is 12.2. The van der Waals surface area contributed by atoms with Crippen LogP contribution in [0, 0.1) is 5.41 Å². The smallest absolute Gasteiger partial charge is 0.129 e. The van der Waals surface area contributed by atoms with Crippen LogP contribution in [0.25, 0.3) is 5.70 Å². The minimum Gasteiger partial charge on any atom is -0.512 e. The molecule has 7 heteroatoms. The third-order valence-corrected chi connectivity index (χ3v) is 6.41. The van der Waals surface area contributed by atoms with E-state index >= 15 is 0 Å². The Balaban J connectivity index is 2.49. The van der Waals surface area contributed by atoms with E-state index in [1.165, 1.54) is 11.6 Å². The number of aryl methyl sites for hydroxylation is 1. The molecule has 0 spiro atoms. The maximum atomic E-state index is 10.2. The molecule has 0 atom stereocenters. The van der Waals surface area contributed by atoms with Crippen molar-refractivity contribution in [1.82, 2.24) is 0 Å². The van der Waals surface area contributed by atoms with Gasteiger partial charge in [0.1, 0.15) is 23.2 Å². The van der Waals surface area contributed by atoms with E-state index in [0.29, 0.717) is 5.82 Å². The summed E-state index contributed by atoms with van der Waals surface area (Å²) in [5, 5.41) is 13.4. The number of aliphatic hydroxyl groups excluding tert-OH is 1. The number of nitrogens with zero attached hydrogens (tertiary/aromatic N) is 3. The highest BCUT2D eigenvalue weighted by Crippen LogP contribution is 2.39. The third-order valence-electron chi connectivity index (χ3n) is 6.41. The zero-order chi connectivity index (χ0) is 29.3. The molecular weight excluding hydrogens is 486 g/mol. The van der Waals surface area contributed by atoms with Gasteiger partial charge in [-0.25, -0.2) is 4.99 Å². The number of anilines is 2. The lowest BCUT2D eigenvalue weighted by Gasteiger charge is -2.28. The highest BCUT2D eigenvalue weighted by atomic mass is 16.5. The lowest BCUT2D eigenvalue weighted by Crippen LogP contribution is -2.18. The molecule has 0 unspecified atom stereocenters. The quantitative estimate of drug-likeness (QED) is 0.155. The molecule has 0 aromatic heterocycles. The van der Waals surface area contributed by atoms with E-state index < -0.39 is 5.41 Å². The number of hydrogen-bond acceptors (Lipinski definition) is 6. The summed E-state index contributed by atoms with van der Waals surface area (Å²) in [6.45, 7) is 18.0. The van der Waals surface area contributed by atoms with Gasteiger partial charge >= 0.3 is 0 Å². The van der Waals surface area contributed by atoms with Crippen LogP contribution in [0.2, 0.25) is 0 Å². The van der Waals surface area contributed by atoms with Crippen molar-refractivity contribution in [3.05, 3.63) is 77.3 Å². The van der Waals surface area contributed by atoms with Gasteiger partial charge in [0, 0.05) is 47.4 Å². The number of benzene rings is 2. The summed E-state index contributed by atoms with van der Waals surface area (Å²) >= 11 is 0. The first-order valence-corrected chi connectivity index (χ1v) is 13.3. The molecule has 0 heterocycles. The highest BCUT2D eigenvalue weighted by Gasteiger charge is 2.19. The maximum Gasteiger partial charge on any atom is 0.129 e. The first kappa shape index (κ1) is 31.2. The van der Waals surface area contributed by atoms with E-state index in [0.717, 1.165) is 52.5 Å². The third kappa shape index (κ3) is 8.24. The molecule has 0 fully saturated rings. The molecule has 0 radical (unpaired) electrons. The molecule has 0 saturated carbocycles. The maximum absolute atomic E-state index is 10.2. The lowest BCUT2D eigenvalue weighted by atomic mass is 9.93. The first-order chi connectivity index (χ1) is 18.4. The van der Waals surface area contributed by atoms with Gasteiger partial charge in [-0.15, -0.1) is 0 Å². The molecule has 2 rings (SSSR count). The van der Waals surface area contributed by atoms with E-state index in [-0.39, 0.29) is 11.6 Å². The number of nitrogens with one attached hydrogen (secondary N) is 1. The van der Waals surface area contributed by atoms with Gasteiger partial charge in [0.2, 0.25) is 0 Å². The van der Waals surface area contributed by atoms with Crippen molar-refractivity contribution in [2.24, 2.45) is 21.1 Å². The van der Waals surface area contributed by atoms with Gasteiger partial charge in [0.25, 0.3) is 0 Å². The zero-order valence-corrected chi connectivity index (χ0v) is 25.0. The fourth-order valence-corrected chi connectivity index (χ4v) is 4.04. The fraction of sp³-hybridized carbons (Fsp3) is 0.375. The van der Waals surface area contributed by atoms with Crippen molar-refractivity contribution in [3.63, 3.8) is 0 Å². The molecule has 39 heavy (non-hydrogen) atoms. The van der Waals surface area contributed by atoms with Crippen molar-refractivity contribution >= 4 is 34.8 Å². The molecule has 210 valence electrons. The Labute approximate surface area is 234 Å². The van der Waals surface area contributed by atoms with Gasteiger partial charge in [0.05, 0.1) is 12.8 Å². The molecular formula is C32H45N5O2. The molecule has 0 saturated heterocycles. The molecule has 7 nitrogen and oxygen atoms in total. The Kier molecular flexibility index (Phi) is 11.0. The summed E-state index contributed by atoms with van der Waals surface area (Å²) in [6.07, 6.45) is 5.01. The number of nitrogens with two attached hydrogens (primary N) is 1. The molecule has 4 N–H and O–H groups in total. The van der Waals surface area contributed by atoms with E-state index in [4.69, 9.17) is 15.5 Å². The average Bonchev–Trinajstić information content (AvgIpc) is 2.88. The number of amidine groups is 1. The molecule has 0 aliphatic heterocycles. The Morgan fingerprint density at radius 2 is 1.90 bits per heavy atom. The van der Waals surface area contributed by atoms with Gasteiger partial charge in [0.15, 0.2) is 0 Å². The summed E-state index contributed by atoms with van der Waals surface area (Å²) < 4.78 is 5.74. The average molecular weight is 532 g/mol. The number of hydrogen-bond donors (Lipinski definition) is 3. The van der Waals surface area contributed by atoms with Crippen LogP contribution in [-0.4, -0.2) is 31.3 Å². The molecule has 2 aromatic rings. The lowest BCUT2D eigenvalue weighted by molar-refractivity contribution is 0.278. The van der Waals surface area contributed by atoms with Crippen molar-refractivity contribution in [3.8, 4) is 5.75 Å². The topological polar surface area (TPSA) is 95.5 Å². The predicted octanol–water partition coefficient (Wildman–Crippen LogP) is 7.99. The van der Waals surface area contributed by atoms with Gasteiger partial charge in [-0.3, -0.25) is 4.99 Å². The number of aliphatic imine (C=N–C) groups is 2. The molecule has 0 aliphatic carbocycles. The number of allylic oxidation sites excluding steroid dienone is 2. The second kappa shape index (κ2) is 13.7. The second-order valence-electron chi connectivity index (χ2n) is 10.4. The minimum absolute atomic E-state index is 0.154. The number of rotatable bonds is 11. The first-order valence-electron chi connectivity index (χ1n) is 13.3. The number of methoxy groups -OCH3 is 1. The largest absolute Gasteiger partial charge is 0.512 e. The van der Waals surface area contributed by atoms with E-state index in [1.54, 1.807) is 7.11 Å². The van der Waals surface area contributed by atoms with E-state index in [2.05, 4.69) is 67.8 Å². The Morgan fingerprint density at radius 3 is 2.46 bits per heavy atom. The van der Waals surface area contributed by atoms with Crippen LogP contribution in [-0.2, 0) is 6.42 Å². The summed E-state index contributed by atoms with van der Waals surface area (Å²) in [4.78, 5) is 11.2. The molecule has 0 aliphatic rings. The van der Waals surface area contributed by atoms with Crippen molar-refractivity contribution in [2.45, 2.75) is 61.3 Å². The van der Waals surface area contributed by atoms with Crippen LogP contribution in [0.4, 0.5) is 17.1 Å². The van der Waals surface area contributed by atoms with Gasteiger partial charge < -0.3 is 25.8 Å². The van der Waals surface area contributed by atoms with Crippen LogP contribution >= 0.6 is 0 Å². The van der Waals surface area contributed by atoms with Crippen molar-refractivity contribution < 1.29 is 9.84 Å². The summed E-state index contributed by atoms with van der Waals surface area (Å²) in [7, 11) is 3.76. The Hall–Kier alpha value is -4.00. The normalized spacial score (nSPS) is 13.4. The van der Waals surface area contributed by atoms with Crippen LogP contribution in [0.5, 0.6) is 5.75 Å². The van der Waals surface area contributed by atoms with Gasteiger partial charge in [-0.2, -0.15) is 0 Å². The molecule has 0 bridgehead atoms. The van der Waals surface area contributed by atoms with Crippen LogP contribution in [0.3, 0.4) is 0 Å². The van der Waals surface area contributed by atoms with E-state index in [1.807, 2.05) is 52.1 Å². The molecule has 0 amide bonds. The Bertz CT molecular complexity index is 1300.